The molecule has 0 heterocycles. The molecule has 2 aromatic carbocycles. The lowest BCUT2D eigenvalue weighted by molar-refractivity contribution is -0.386. The molecular weight excluding hydrogens is 356 g/mol. The highest BCUT2D eigenvalue weighted by molar-refractivity contribution is 7.80. The lowest BCUT2D eigenvalue weighted by Crippen LogP contribution is -2.24. The van der Waals surface area contributed by atoms with Crippen molar-refractivity contribution in [3.63, 3.8) is 0 Å². The van der Waals surface area contributed by atoms with E-state index in [1.54, 1.807) is 0 Å². The highest BCUT2D eigenvalue weighted by atomic mass is 32.1. The lowest BCUT2D eigenvalue weighted by Gasteiger charge is -2.10. The Hall–Kier alpha value is -3.20. The molecule has 0 radical (unpaired) electrons. The van der Waals surface area contributed by atoms with E-state index in [9.17, 15) is 15.2 Å². The van der Waals surface area contributed by atoms with E-state index in [2.05, 4.69) is 15.8 Å². The summed E-state index contributed by atoms with van der Waals surface area (Å²) in [6, 6.07) is 8.51. The van der Waals surface area contributed by atoms with Crippen LogP contribution in [0.25, 0.3) is 0 Å². The number of benzene rings is 2. The minimum Gasteiger partial charge on any atom is -0.500 e. The maximum absolute atomic E-state index is 11.0. The minimum absolute atomic E-state index is 0.0170. The van der Waals surface area contributed by atoms with Gasteiger partial charge in [0, 0.05) is 17.3 Å². The molecule has 0 unspecified atom stereocenters. The van der Waals surface area contributed by atoms with Crippen LogP contribution in [0.2, 0.25) is 0 Å². The van der Waals surface area contributed by atoms with Crippen LogP contribution in [0.3, 0.4) is 0 Å². The summed E-state index contributed by atoms with van der Waals surface area (Å²) < 4.78 is 4.93. The number of rotatable bonds is 5. The molecule has 2 aromatic rings. The van der Waals surface area contributed by atoms with Crippen LogP contribution < -0.4 is 15.5 Å². The van der Waals surface area contributed by atoms with E-state index in [0.29, 0.717) is 5.56 Å². The number of nitrogens with zero attached hydrogens (tertiary/aromatic N) is 2. The van der Waals surface area contributed by atoms with Gasteiger partial charge in [-0.3, -0.25) is 15.5 Å². The maximum Gasteiger partial charge on any atom is 0.315 e. The zero-order valence-corrected chi connectivity index (χ0v) is 15.3. The number of anilines is 1. The molecule has 0 saturated carbocycles. The standard InChI is InChI=1S/C17H18N4O4S/c1-10-4-5-13(11(2)6-10)19-17(26)20-18-9-12-7-14(21(23)24)16(22)15(8-12)25-3/h4-9,22H,1-3H3,(H2,19,20,26)/b18-9-. The van der Waals surface area contributed by atoms with Crippen molar-refractivity contribution in [1.82, 2.24) is 5.43 Å². The quantitative estimate of drug-likeness (QED) is 0.319. The number of hydrazone groups is 1. The smallest absolute Gasteiger partial charge is 0.315 e. The number of phenolic OH excluding ortho intramolecular Hbond substituents is 1. The zero-order chi connectivity index (χ0) is 19.3. The predicted octanol–water partition coefficient (Wildman–Crippen LogP) is 3.25. The largest absolute Gasteiger partial charge is 0.500 e. The van der Waals surface area contributed by atoms with Crippen LogP contribution in [0.4, 0.5) is 11.4 Å². The van der Waals surface area contributed by atoms with Crippen LogP contribution in [0, 0.1) is 24.0 Å². The van der Waals surface area contributed by atoms with Crippen LogP contribution in [0.1, 0.15) is 16.7 Å². The molecule has 26 heavy (non-hydrogen) atoms. The fourth-order valence-corrected chi connectivity index (χ4v) is 2.42. The van der Waals surface area contributed by atoms with Gasteiger partial charge < -0.3 is 15.2 Å². The number of hydrogen-bond acceptors (Lipinski definition) is 6. The number of nitro groups is 1. The predicted molar refractivity (Wildman–Crippen MR) is 104 cm³/mol. The van der Waals surface area contributed by atoms with E-state index in [1.807, 2.05) is 32.0 Å². The Morgan fingerprint density at radius 1 is 1.35 bits per heavy atom. The minimum atomic E-state index is -0.699. The van der Waals surface area contributed by atoms with Gasteiger partial charge in [-0.25, -0.2) is 0 Å². The summed E-state index contributed by atoms with van der Waals surface area (Å²) in [4.78, 5) is 10.3. The highest BCUT2D eigenvalue weighted by Gasteiger charge is 2.19. The third kappa shape index (κ3) is 4.67. The molecular formula is C17H18N4O4S. The molecule has 0 saturated heterocycles. The Bertz CT molecular complexity index is 883. The summed E-state index contributed by atoms with van der Waals surface area (Å²) in [6.07, 6.45) is 1.34. The molecule has 8 nitrogen and oxygen atoms in total. The van der Waals surface area contributed by atoms with Crippen molar-refractivity contribution in [2.24, 2.45) is 5.10 Å². The molecule has 0 aliphatic carbocycles. The van der Waals surface area contributed by atoms with Gasteiger partial charge in [-0.2, -0.15) is 5.10 Å². The van der Waals surface area contributed by atoms with Gasteiger partial charge in [-0.15, -0.1) is 0 Å². The number of methoxy groups -OCH3 is 1. The van der Waals surface area contributed by atoms with Crippen molar-refractivity contribution < 1.29 is 14.8 Å². The Morgan fingerprint density at radius 2 is 2.08 bits per heavy atom. The Balaban J connectivity index is 2.09. The van der Waals surface area contributed by atoms with Gasteiger partial charge in [0.25, 0.3) is 0 Å². The van der Waals surface area contributed by atoms with E-state index in [4.69, 9.17) is 17.0 Å². The zero-order valence-electron chi connectivity index (χ0n) is 14.4. The number of nitro benzene ring substituents is 1. The van der Waals surface area contributed by atoms with E-state index >= 15 is 0 Å². The second kappa shape index (κ2) is 8.26. The first-order chi connectivity index (χ1) is 12.3. The molecule has 0 atom stereocenters. The second-order valence-electron chi connectivity index (χ2n) is 5.49. The molecule has 136 valence electrons. The molecule has 0 bridgehead atoms. The van der Waals surface area contributed by atoms with Crippen LogP contribution >= 0.6 is 12.2 Å². The van der Waals surface area contributed by atoms with E-state index in [0.717, 1.165) is 16.8 Å². The molecule has 3 N–H and O–H groups in total. The van der Waals surface area contributed by atoms with Gasteiger partial charge >= 0.3 is 5.69 Å². The van der Waals surface area contributed by atoms with Crippen molar-refractivity contribution >= 4 is 34.9 Å². The average Bonchev–Trinajstić information content (AvgIpc) is 2.58. The molecule has 0 aliphatic rings. The molecule has 0 fully saturated rings. The SMILES string of the molecule is COc1cc(/C=N\NC(=S)Nc2ccc(C)cc2C)cc([N+](=O)[O-])c1O. The first kappa shape index (κ1) is 19.1. The topological polar surface area (TPSA) is 109 Å². The molecule has 9 heteroatoms. The van der Waals surface area contributed by atoms with Gasteiger partial charge in [0.05, 0.1) is 18.2 Å². The molecule has 0 amide bonds. The molecule has 0 aromatic heterocycles. The van der Waals surface area contributed by atoms with E-state index < -0.39 is 16.4 Å². The average molecular weight is 374 g/mol. The number of ether oxygens (including phenoxy) is 1. The number of phenols is 1. The van der Waals surface area contributed by atoms with Gasteiger partial charge in [0.1, 0.15) is 0 Å². The van der Waals surface area contributed by atoms with E-state index in [-0.39, 0.29) is 10.9 Å². The van der Waals surface area contributed by atoms with E-state index in [1.165, 1.54) is 25.5 Å². The summed E-state index contributed by atoms with van der Waals surface area (Å²) >= 11 is 5.17. The Kier molecular flexibility index (Phi) is 6.07. The van der Waals surface area contributed by atoms with Crippen LogP contribution in [0.15, 0.2) is 35.4 Å². The number of aromatic hydroxyl groups is 1. The molecule has 0 spiro atoms. The van der Waals surface area contributed by atoms with Crippen LogP contribution in [-0.2, 0) is 0 Å². The van der Waals surface area contributed by atoms with Gasteiger partial charge in [0.2, 0.25) is 5.75 Å². The first-order valence-electron chi connectivity index (χ1n) is 7.54. The summed E-state index contributed by atoms with van der Waals surface area (Å²) in [5, 5.41) is 28.0. The highest BCUT2D eigenvalue weighted by Crippen LogP contribution is 2.36. The van der Waals surface area contributed by atoms with Crippen molar-refractivity contribution in [3.05, 3.63) is 57.1 Å². The third-order valence-corrected chi connectivity index (χ3v) is 3.70. The van der Waals surface area contributed by atoms with Crippen LogP contribution in [0.5, 0.6) is 11.5 Å². The summed E-state index contributed by atoms with van der Waals surface area (Å²) in [6.45, 7) is 3.96. The number of aryl methyl sites for hydroxylation is 2. The summed E-state index contributed by atoms with van der Waals surface area (Å²) in [5.74, 6) is -0.550. The van der Waals surface area contributed by atoms with Gasteiger partial charge in [-0.05, 0) is 43.8 Å². The fraction of sp³-hybridized carbons (Fsp3) is 0.176. The Morgan fingerprint density at radius 3 is 2.69 bits per heavy atom. The van der Waals surface area contributed by atoms with Gasteiger partial charge in [0.15, 0.2) is 10.9 Å². The summed E-state index contributed by atoms with van der Waals surface area (Å²) in [7, 11) is 1.31. The molecule has 2 rings (SSSR count). The monoisotopic (exact) mass is 374 g/mol. The molecule has 0 aliphatic heterocycles. The van der Waals surface area contributed by atoms with Crippen molar-refractivity contribution in [3.8, 4) is 11.5 Å². The number of thiocarbonyl (C=S) groups is 1. The van der Waals surface area contributed by atoms with Crippen molar-refractivity contribution in [1.29, 1.82) is 0 Å². The van der Waals surface area contributed by atoms with Crippen molar-refractivity contribution in [2.75, 3.05) is 12.4 Å². The lowest BCUT2D eigenvalue weighted by atomic mass is 10.1. The number of nitrogens with one attached hydrogen (secondary N) is 2. The van der Waals surface area contributed by atoms with Gasteiger partial charge in [-0.1, -0.05) is 17.7 Å². The van der Waals surface area contributed by atoms with Crippen LogP contribution in [-0.4, -0.2) is 28.5 Å². The Labute approximate surface area is 155 Å². The third-order valence-electron chi connectivity index (χ3n) is 3.50. The number of hydrogen-bond donors (Lipinski definition) is 3. The van der Waals surface area contributed by atoms with Crippen molar-refractivity contribution in [2.45, 2.75) is 13.8 Å². The fourth-order valence-electron chi connectivity index (χ4n) is 2.25. The summed E-state index contributed by atoms with van der Waals surface area (Å²) in [5.41, 5.74) is 5.57. The maximum atomic E-state index is 11.0. The normalized spacial score (nSPS) is 10.6. The second-order valence-corrected chi connectivity index (χ2v) is 5.90. The first-order valence-corrected chi connectivity index (χ1v) is 7.95.